The first-order chi connectivity index (χ1) is 7.83. The van der Waals surface area contributed by atoms with Crippen molar-refractivity contribution in [2.24, 2.45) is 0 Å². The third-order valence-corrected chi connectivity index (χ3v) is 3.25. The van der Waals surface area contributed by atoms with Crippen LogP contribution < -0.4 is 14.4 Å². The van der Waals surface area contributed by atoms with E-state index in [0.717, 1.165) is 23.4 Å². The van der Waals surface area contributed by atoms with Gasteiger partial charge in [-0.2, -0.15) is 0 Å². The maximum absolute atomic E-state index is 11.6. The van der Waals surface area contributed by atoms with Crippen molar-refractivity contribution in [1.29, 1.82) is 0 Å². The standard InChI is InChI=1S/C11H9NO4/c13-11-12-7(4-14-11)1-6-2-9-10(3-8(6)12)16-5-15-9/h2-3,7H,1,4-5H2/t7-/m1/s1. The van der Waals surface area contributed by atoms with E-state index in [4.69, 9.17) is 14.2 Å². The van der Waals surface area contributed by atoms with Gasteiger partial charge in [0.2, 0.25) is 6.79 Å². The fourth-order valence-corrected chi connectivity index (χ4v) is 2.52. The van der Waals surface area contributed by atoms with Crippen molar-refractivity contribution < 1.29 is 19.0 Å². The van der Waals surface area contributed by atoms with Crippen molar-refractivity contribution in [1.82, 2.24) is 0 Å². The van der Waals surface area contributed by atoms with E-state index >= 15 is 0 Å². The molecule has 0 aromatic heterocycles. The molecule has 0 spiro atoms. The highest BCUT2D eigenvalue weighted by Crippen LogP contribution is 2.44. The van der Waals surface area contributed by atoms with E-state index in [2.05, 4.69) is 0 Å². The highest BCUT2D eigenvalue weighted by Gasteiger charge is 2.41. The number of fused-ring (bicyclic) bond motifs is 4. The molecule has 1 amide bonds. The molecule has 1 aromatic carbocycles. The first-order valence-corrected chi connectivity index (χ1v) is 5.21. The highest BCUT2D eigenvalue weighted by atomic mass is 16.7. The summed E-state index contributed by atoms with van der Waals surface area (Å²) in [4.78, 5) is 13.3. The molecule has 3 heterocycles. The van der Waals surface area contributed by atoms with Gasteiger partial charge in [0, 0.05) is 6.07 Å². The van der Waals surface area contributed by atoms with Crippen LogP contribution >= 0.6 is 0 Å². The lowest BCUT2D eigenvalue weighted by molar-refractivity contribution is 0.174. The lowest BCUT2D eigenvalue weighted by Gasteiger charge is -2.12. The van der Waals surface area contributed by atoms with E-state index in [-0.39, 0.29) is 18.9 Å². The molecule has 0 unspecified atom stereocenters. The molecule has 3 aliphatic heterocycles. The fourth-order valence-electron chi connectivity index (χ4n) is 2.52. The number of hydrogen-bond acceptors (Lipinski definition) is 4. The summed E-state index contributed by atoms with van der Waals surface area (Å²) in [6, 6.07) is 3.97. The van der Waals surface area contributed by atoms with Gasteiger partial charge in [-0.25, -0.2) is 4.79 Å². The zero-order valence-electron chi connectivity index (χ0n) is 8.43. The molecule has 0 N–H and O–H groups in total. The molecule has 1 fully saturated rings. The van der Waals surface area contributed by atoms with E-state index < -0.39 is 0 Å². The first-order valence-electron chi connectivity index (χ1n) is 5.21. The summed E-state index contributed by atoms with van der Waals surface area (Å²) in [7, 11) is 0. The SMILES string of the molecule is O=C1OC[C@H]2Cc3cc4c(cc3N12)OCO4. The minimum atomic E-state index is -0.261. The Balaban J connectivity index is 1.87. The zero-order chi connectivity index (χ0) is 10.7. The van der Waals surface area contributed by atoms with Gasteiger partial charge < -0.3 is 14.2 Å². The topological polar surface area (TPSA) is 48.0 Å². The van der Waals surface area contributed by atoms with Crippen molar-refractivity contribution in [3.8, 4) is 11.5 Å². The second kappa shape index (κ2) is 2.61. The predicted octanol–water partition coefficient (Wildman–Crippen LogP) is 1.30. The van der Waals surface area contributed by atoms with Gasteiger partial charge in [-0.05, 0) is 18.1 Å². The summed E-state index contributed by atoms with van der Waals surface area (Å²) < 4.78 is 15.6. The van der Waals surface area contributed by atoms with Crippen LogP contribution in [0.1, 0.15) is 5.56 Å². The minimum Gasteiger partial charge on any atom is -0.454 e. The zero-order valence-corrected chi connectivity index (χ0v) is 8.43. The molecule has 5 nitrogen and oxygen atoms in total. The largest absolute Gasteiger partial charge is 0.454 e. The second-order valence-electron chi connectivity index (χ2n) is 4.14. The molecule has 3 aliphatic rings. The number of benzene rings is 1. The molecular weight excluding hydrogens is 210 g/mol. The van der Waals surface area contributed by atoms with Crippen LogP contribution in [-0.2, 0) is 11.2 Å². The van der Waals surface area contributed by atoms with Crippen LogP contribution in [0.2, 0.25) is 0 Å². The molecule has 1 aromatic rings. The van der Waals surface area contributed by atoms with E-state index in [1.165, 1.54) is 0 Å². The molecule has 0 saturated carbocycles. The number of anilines is 1. The number of carbonyl (C=O) groups excluding carboxylic acids is 1. The Bertz CT molecular complexity index is 499. The van der Waals surface area contributed by atoms with Crippen LogP contribution in [0.25, 0.3) is 0 Å². The number of hydrogen-bond donors (Lipinski definition) is 0. The maximum Gasteiger partial charge on any atom is 0.414 e. The summed E-state index contributed by atoms with van der Waals surface area (Å²) in [5.41, 5.74) is 2.03. The highest BCUT2D eigenvalue weighted by molar-refractivity contribution is 5.94. The Hall–Kier alpha value is -1.91. The molecule has 4 rings (SSSR count). The van der Waals surface area contributed by atoms with Crippen molar-refractivity contribution >= 4 is 11.8 Å². The van der Waals surface area contributed by atoms with Gasteiger partial charge in [-0.3, -0.25) is 4.90 Å². The Morgan fingerprint density at radius 2 is 2.00 bits per heavy atom. The van der Waals surface area contributed by atoms with Crippen LogP contribution in [-0.4, -0.2) is 25.5 Å². The normalized spacial score (nSPS) is 24.4. The lowest BCUT2D eigenvalue weighted by Crippen LogP contribution is -2.29. The van der Waals surface area contributed by atoms with Gasteiger partial charge in [0.25, 0.3) is 0 Å². The smallest absolute Gasteiger partial charge is 0.414 e. The van der Waals surface area contributed by atoms with Crippen molar-refractivity contribution in [2.45, 2.75) is 12.5 Å². The lowest BCUT2D eigenvalue weighted by atomic mass is 10.1. The number of ether oxygens (including phenoxy) is 3. The molecule has 0 radical (unpaired) electrons. The Kier molecular flexibility index (Phi) is 1.35. The number of amides is 1. The summed E-state index contributed by atoms with van der Waals surface area (Å²) in [6.45, 7) is 0.728. The average molecular weight is 219 g/mol. The number of carbonyl (C=O) groups is 1. The Labute approximate surface area is 91.5 Å². The summed E-state index contributed by atoms with van der Waals surface area (Å²) in [5.74, 6) is 1.48. The van der Waals surface area contributed by atoms with Crippen molar-refractivity contribution in [2.75, 3.05) is 18.3 Å². The quantitative estimate of drug-likeness (QED) is 0.659. The molecule has 82 valence electrons. The summed E-state index contributed by atoms with van der Waals surface area (Å²) in [6.07, 6.45) is 0.570. The molecule has 1 atom stereocenters. The van der Waals surface area contributed by atoms with Gasteiger partial charge in [-0.1, -0.05) is 0 Å². The van der Waals surface area contributed by atoms with Gasteiger partial charge >= 0.3 is 6.09 Å². The minimum absolute atomic E-state index is 0.144. The second-order valence-corrected chi connectivity index (χ2v) is 4.14. The third-order valence-electron chi connectivity index (χ3n) is 3.25. The van der Waals surface area contributed by atoms with Gasteiger partial charge in [0.1, 0.15) is 6.61 Å². The molecule has 5 heteroatoms. The predicted molar refractivity (Wildman–Crippen MR) is 53.9 cm³/mol. The Morgan fingerprint density at radius 3 is 2.88 bits per heavy atom. The molecular formula is C11H9NO4. The number of cyclic esters (lactones) is 1. The molecule has 1 saturated heterocycles. The monoisotopic (exact) mass is 219 g/mol. The van der Waals surface area contributed by atoms with Gasteiger partial charge in [0.05, 0.1) is 11.7 Å². The fraction of sp³-hybridized carbons (Fsp3) is 0.364. The van der Waals surface area contributed by atoms with E-state index in [9.17, 15) is 4.79 Å². The van der Waals surface area contributed by atoms with Gasteiger partial charge in [0.15, 0.2) is 11.5 Å². The summed E-state index contributed by atoms with van der Waals surface area (Å²) in [5, 5.41) is 0. The van der Waals surface area contributed by atoms with Crippen LogP contribution in [0.5, 0.6) is 11.5 Å². The van der Waals surface area contributed by atoms with Crippen molar-refractivity contribution in [3.05, 3.63) is 17.7 Å². The van der Waals surface area contributed by atoms with Crippen LogP contribution in [0.4, 0.5) is 10.5 Å². The molecule has 16 heavy (non-hydrogen) atoms. The Morgan fingerprint density at radius 1 is 1.19 bits per heavy atom. The van der Waals surface area contributed by atoms with Crippen LogP contribution in [0, 0.1) is 0 Å². The van der Waals surface area contributed by atoms with Crippen LogP contribution in [0.3, 0.4) is 0 Å². The van der Waals surface area contributed by atoms with E-state index in [1.807, 2.05) is 12.1 Å². The van der Waals surface area contributed by atoms with Gasteiger partial charge in [-0.15, -0.1) is 0 Å². The molecule has 0 bridgehead atoms. The number of nitrogens with zero attached hydrogens (tertiary/aromatic N) is 1. The third kappa shape index (κ3) is 0.881. The average Bonchev–Trinajstić information content (AvgIpc) is 2.91. The van der Waals surface area contributed by atoms with E-state index in [0.29, 0.717) is 12.4 Å². The maximum atomic E-state index is 11.6. The van der Waals surface area contributed by atoms with Crippen LogP contribution in [0.15, 0.2) is 12.1 Å². The van der Waals surface area contributed by atoms with E-state index in [1.54, 1.807) is 4.90 Å². The first kappa shape index (κ1) is 8.27. The number of rotatable bonds is 0. The summed E-state index contributed by atoms with van der Waals surface area (Å²) >= 11 is 0. The molecule has 0 aliphatic carbocycles. The van der Waals surface area contributed by atoms with Crippen molar-refractivity contribution in [3.63, 3.8) is 0 Å².